The smallest absolute Gasteiger partial charge is 0.131 e. The van der Waals surface area contributed by atoms with E-state index < -0.39 is 0 Å². The molecule has 2 aromatic carbocycles. The van der Waals surface area contributed by atoms with Crippen molar-refractivity contribution in [2.75, 3.05) is 5.32 Å². The number of amidine groups is 1. The van der Waals surface area contributed by atoms with Crippen LogP contribution in [0.15, 0.2) is 48.5 Å². The van der Waals surface area contributed by atoms with Crippen LogP contribution >= 0.6 is 11.6 Å². The van der Waals surface area contributed by atoms with Crippen LogP contribution in [0.3, 0.4) is 0 Å². The highest BCUT2D eigenvalue weighted by molar-refractivity contribution is 6.34. The standard InChI is InChI=1S/C13H10ClFN2/c14-12-4-2-1-3-11(12)13(16)17-10-7-5-9(15)6-8-10/h1-8H,(H2,16,17). The SMILES string of the molecule is N=C(Nc1ccc(F)cc1)c1ccccc1Cl. The first-order valence-electron chi connectivity index (χ1n) is 5.03. The van der Waals surface area contributed by atoms with Crippen LogP contribution < -0.4 is 5.32 Å². The van der Waals surface area contributed by atoms with E-state index in [2.05, 4.69) is 5.32 Å². The molecule has 0 atom stereocenters. The van der Waals surface area contributed by atoms with Crippen molar-refractivity contribution in [2.24, 2.45) is 0 Å². The van der Waals surface area contributed by atoms with Crippen molar-refractivity contribution >= 4 is 23.1 Å². The van der Waals surface area contributed by atoms with Gasteiger partial charge in [0.1, 0.15) is 11.7 Å². The first-order chi connectivity index (χ1) is 8.16. The van der Waals surface area contributed by atoms with Gasteiger partial charge in [-0.05, 0) is 36.4 Å². The molecule has 0 saturated carbocycles. The molecule has 0 amide bonds. The summed E-state index contributed by atoms with van der Waals surface area (Å²) < 4.78 is 12.7. The summed E-state index contributed by atoms with van der Waals surface area (Å²) in [4.78, 5) is 0. The molecule has 0 aromatic heterocycles. The molecule has 0 radical (unpaired) electrons. The van der Waals surface area contributed by atoms with E-state index in [1.807, 2.05) is 6.07 Å². The molecule has 0 aliphatic carbocycles. The molecule has 0 aliphatic rings. The van der Waals surface area contributed by atoms with Crippen molar-refractivity contribution in [1.82, 2.24) is 0 Å². The van der Waals surface area contributed by atoms with Gasteiger partial charge in [-0.25, -0.2) is 4.39 Å². The molecular formula is C13H10ClFN2. The third kappa shape index (κ3) is 2.82. The molecule has 2 N–H and O–H groups in total. The first kappa shape index (κ1) is 11.6. The second-order valence-electron chi connectivity index (χ2n) is 3.49. The third-order valence-corrected chi connectivity index (χ3v) is 2.59. The Morgan fingerprint density at radius 3 is 2.35 bits per heavy atom. The number of benzene rings is 2. The maximum absolute atomic E-state index is 12.7. The molecule has 0 heterocycles. The highest BCUT2D eigenvalue weighted by atomic mass is 35.5. The molecular weight excluding hydrogens is 239 g/mol. The first-order valence-corrected chi connectivity index (χ1v) is 5.40. The molecule has 0 aliphatic heterocycles. The van der Waals surface area contributed by atoms with Crippen LogP contribution in [-0.2, 0) is 0 Å². The Hall–Kier alpha value is -1.87. The Labute approximate surface area is 104 Å². The summed E-state index contributed by atoms with van der Waals surface area (Å²) in [6.45, 7) is 0. The van der Waals surface area contributed by atoms with Crippen molar-refractivity contribution in [3.8, 4) is 0 Å². The monoisotopic (exact) mass is 248 g/mol. The molecule has 0 bridgehead atoms. The molecule has 0 spiro atoms. The number of hydrogen-bond acceptors (Lipinski definition) is 1. The quantitative estimate of drug-likeness (QED) is 0.613. The zero-order valence-corrected chi connectivity index (χ0v) is 9.63. The fraction of sp³-hybridized carbons (Fsp3) is 0. The van der Waals surface area contributed by atoms with Crippen LogP contribution in [0.25, 0.3) is 0 Å². The maximum Gasteiger partial charge on any atom is 0.131 e. The lowest BCUT2D eigenvalue weighted by atomic mass is 10.2. The van der Waals surface area contributed by atoms with Crippen molar-refractivity contribution in [3.63, 3.8) is 0 Å². The molecule has 2 nitrogen and oxygen atoms in total. The van der Waals surface area contributed by atoms with E-state index in [1.54, 1.807) is 30.3 Å². The third-order valence-electron chi connectivity index (χ3n) is 2.26. The molecule has 0 saturated heterocycles. The van der Waals surface area contributed by atoms with Crippen molar-refractivity contribution in [1.29, 1.82) is 5.41 Å². The summed E-state index contributed by atoms with van der Waals surface area (Å²) in [5, 5.41) is 11.2. The van der Waals surface area contributed by atoms with Gasteiger partial charge in [0, 0.05) is 11.3 Å². The van der Waals surface area contributed by atoms with Gasteiger partial charge >= 0.3 is 0 Å². The molecule has 2 aromatic rings. The Morgan fingerprint density at radius 1 is 1.06 bits per heavy atom. The Bertz CT molecular complexity index is 537. The average molecular weight is 249 g/mol. The zero-order chi connectivity index (χ0) is 12.3. The van der Waals surface area contributed by atoms with E-state index in [0.717, 1.165) is 0 Å². The largest absolute Gasteiger partial charge is 0.340 e. The fourth-order valence-electron chi connectivity index (χ4n) is 1.41. The van der Waals surface area contributed by atoms with E-state index in [-0.39, 0.29) is 11.7 Å². The number of rotatable bonds is 2. The van der Waals surface area contributed by atoms with Crippen LogP contribution in [0.1, 0.15) is 5.56 Å². The van der Waals surface area contributed by atoms with Gasteiger partial charge < -0.3 is 5.32 Å². The normalized spacial score (nSPS) is 10.0. The van der Waals surface area contributed by atoms with Gasteiger partial charge in [-0.1, -0.05) is 23.7 Å². The second kappa shape index (κ2) is 4.97. The van der Waals surface area contributed by atoms with Gasteiger partial charge in [0.05, 0.1) is 5.02 Å². The van der Waals surface area contributed by atoms with Crippen molar-refractivity contribution in [3.05, 3.63) is 64.9 Å². The summed E-state index contributed by atoms with van der Waals surface area (Å²) in [6.07, 6.45) is 0. The molecule has 4 heteroatoms. The summed E-state index contributed by atoms with van der Waals surface area (Å²) in [6, 6.07) is 12.9. The topological polar surface area (TPSA) is 35.9 Å². The zero-order valence-electron chi connectivity index (χ0n) is 8.87. The van der Waals surface area contributed by atoms with Crippen molar-refractivity contribution < 1.29 is 4.39 Å². The molecule has 0 fully saturated rings. The van der Waals surface area contributed by atoms with Crippen LogP contribution in [-0.4, -0.2) is 5.84 Å². The summed E-state index contributed by atoms with van der Waals surface area (Å²) in [5.74, 6) is -0.123. The summed E-state index contributed by atoms with van der Waals surface area (Å²) in [5.41, 5.74) is 1.26. The van der Waals surface area contributed by atoms with Crippen LogP contribution in [0.4, 0.5) is 10.1 Å². The maximum atomic E-state index is 12.7. The van der Waals surface area contributed by atoms with Gasteiger partial charge in [0.2, 0.25) is 0 Å². The minimum Gasteiger partial charge on any atom is -0.340 e. The van der Waals surface area contributed by atoms with Crippen LogP contribution in [0, 0.1) is 11.2 Å². The minimum atomic E-state index is -0.306. The summed E-state index contributed by atoms with van der Waals surface area (Å²) >= 11 is 5.97. The predicted octanol–water partition coefficient (Wildman–Crippen LogP) is 3.92. The van der Waals surface area contributed by atoms with E-state index >= 15 is 0 Å². The van der Waals surface area contributed by atoms with Gasteiger partial charge in [0.15, 0.2) is 0 Å². The van der Waals surface area contributed by atoms with E-state index in [9.17, 15) is 4.39 Å². The lowest BCUT2D eigenvalue weighted by Crippen LogP contribution is -2.12. The van der Waals surface area contributed by atoms with Gasteiger partial charge in [-0.15, -0.1) is 0 Å². The average Bonchev–Trinajstić information content (AvgIpc) is 2.32. The van der Waals surface area contributed by atoms with Gasteiger partial charge in [-0.2, -0.15) is 0 Å². The fourth-order valence-corrected chi connectivity index (χ4v) is 1.64. The minimum absolute atomic E-state index is 0.183. The van der Waals surface area contributed by atoms with Crippen molar-refractivity contribution in [2.45, 2.75) is 0 Å². The number of nitrogens with one attached hydrogen (secondary N) is 2. The van der Waals surface area contributed by atoms with Crippen LogP contribution in [0.5, 0.6) is 0 Å². The molecule has 17 heavy (non-hydrogen) atoms. The molecule has 86 valence electrons. The summed E-state index contributed by atoms with van der Waals surface area (Å²) in [7, 11) is 0. The lowest BCUT2D eigenvalue weighted by Gasteiger charge is -2.09. The molecule has 2 rings (SSSR count). The Kier molecular flexibility index (Phi) is 3.40. The lowest BCUT2D eigenvalue weighted by molar-refractivity contribution is 0.628. The predicted molar refractivity (Wildman–Crippen MR) is 68.3 cm³/mol. The van der Waals surface area contributed by atoms with E-state index in [4.69, 9.17) is 17.0 Å². The highest BCUT2D eigenvalue weighted by Gasteiger charge is 2.05. The number of anilines is 1. The van der Waals surface area contributed by atoms with E-state index in [0.29, 0.717) is 16.3 Å². The Morgan fingerprint density at radius 2 is 1.71 bits per heavy atom. The highest BCUT2D eigenvalue weighted by Crippen LogP contribution is 2.17. The number of halogens is 2. The number of hydrogen-bond donors (Lipinski definition) is 2. The molecule has 0 unspecified atom stereocenters. The Balaban J connectivity index is 2.17. The second-order valence-corrected chi connectivity index (χ2v) is 3.89. The van der Waals surface area contributed by atoms with Crippen LogP contribution in [0.2, 0.25) is 5.02 Å². The van der Waals surface area contributed by atoms with Gasteiger partial charge in [0.25, 0.3) is 0 Å². The van der Waals surface area contributed by atoms with E-state index in [1.165, 1.54) is 12.1 Å². The van der Waals surface area contributed by atoms with Gasteiger partial charge in [-0.3, -0.25) is 5.41 Å².